The third-order valence-corrected chi connectivity index (χ3v) is 3.53. The largest absolute Gasteiger partial charge is 0.299 e. The summed E-state index contributed by atoms with van der Waals surface area (Å²) in [6.07, 6.45) is 4.72. The van der Waals surface area contributed by atoms with Crippen LogP contribution >= 0.6 is 0 Å². The van der Waals surface area contributed by atoms with Crippen LogP contribution in [-0.2, 0) is 4.79 Å². The van der Waals surface area contributed by atoms with Gasteiger partial charge < -0.3 is 0 Å². The first-order chi connectivity index (χ1) is 8.66. The molecule has 1 saturated carbocycles. The van der Waals surface area contributed by atoms with Gasteiger partial charge in [0, 0.05) is 24.3 Å². The van der Waals surface area contributed by atoms with Gasteiger partial charge >= 0.3 is 0 Å². The van der Waals surface area contributed by atoms with Gasteiger partial charge in [-0.05, 0) is 37.1 Å². The van der Waals surface area contributed by atoms with Crippen LogP contribution in [0.15, 0.2) is 24.3 Å². The molecule has 1 fully saturated rings. The van der Waals surface area contributed by atoms with E-state index in [9.17, 15) is 14.0 Å². The highest BCUT2D eigenvalue weighted by Crippen LogP contribution is 2.24. The average Bonchev–Trinajstić information content (AvgIpc) is 2.56. The summed E-state index contributed by atoms with van der Waals surface area (Å²) < 4.78 is 12.8. The van der Waals surface area contributed by atoms with E-state index in [0.717, 1.165) is 25.7 Å². The maximum atomic E-state index is 12.8. The molecule has 1 atom stereocenters. The van der Waals surface area contributed by atoms with Gasteiger partial charge in [-0.1, -0.05) is 12.8 Å². The third-order valence-electron chi connectivity index (χ3n) is 3.53. The minimum atomic E-state index is -0.350. The van der Waals surface area contributed by atoms with Gasteiger partial charge in [-0.2, -0.15) is 0 Å². The Bertz CT molecular complexity index is 436. The molecule has 0 bridgehead atoms. The monoisotopic (exact) mass is 248 g/mol. The molecule has 0 aromatic heterocycles. The zero-order valence-electron chi connectivity index (χ0n) is 10.3. The topological polar surface area (TPSA) is 34.1 Å². The summed E-state index contributed by atoms with van der Waals surface area (Å²) in [6, 6.07) is 5.53. The number of ketones is 2. The molecular weight excluding hydrogens is 231 g/mol. The molecule has 0 N–H and O–H groups in total. The fourth-order valence-electron chi connectivity index (χ4n) is 2.43. The summed E-state index contributed by atoms with van der Waals surface area (Å²) >= 11 is 0. The van der Waals surface area contributed by atoms with Crippen LogP contribution < -0.4 is 0 Å². The second-order valence-corrected chi connectivity index (χ2v) is 4.90. The van der Waals surface area contributed by atoms with Gasteiger partial charge in [0.1, 0.15) is 11.6 Å². The molecule has 1 aliphatic rings. The summed E-state index contributed by atoms with van der Waals surface area (Å²) in [6.45, 7) is 0. The van der Waals surface area contributed by atoms with Crippen LogP contribution in [-0.4, -0.2) is 11.6 Å². The van der Waals surface area contributed by atoms with E-state index < -0.39 is 0 Å². The highest BCUT2D eigenvalue weighted by atomic mass is 19.1. The zero-order chi connectivity index (χ0) is 13.0. The van der Waals surface area contributed by atoms with Gasteiger partial charge in [0.25, 0.3) is 0 Å². The molecule has 1 aromatic carbocycles. The Morgan fingerprint density at radius 3 is 2.61 bits per heavy atom. The summed E-state index contributed by atoms with van der Waals surface area (Å²) in [4.78, 5) is 23.8. The maximum Gasteiger partial charge on any atom is 0.163 e. The molecule has 1 aliphatic carbocycles. The molecule has 0 radical (unpaired) electrons. The normalized spacial score (nSPS) is 20.5. The lowest BCUT2D eigenvalue weighted by molar-refractivity contribution is -0.122. The van der Waals surface area contributed by atoms with E-state index in [1.54, 1.807) is 0 Å². The SMILES string of the molecule is O=C(C[C@@H]1CCCCCC1=O)c1ccc(F)cc1. The summed E-state index contributed by atoms with van der Waals surface area (Å²) in [5.74, 6) is -0.333. The van der Waals surface area contributed by atoms with Crippen LogP contribution in [0.3, 0.4) is 0 Å². The van der Waals surface area contributed by atoms with Crippen LogP contribution in [0, 0.1) is 11.7 Å². The Morgan fingerprint density at radius 2 is 1.89 bits per heavy atom. The fraction of sp³-hybridized carbons (Fsp3) is 0.467. The smallest absolute Gasteiger partial charge is 0.163 e. The Kier molecular flexibility index (Phi) is 4.24. The number of carbonyl (C=O) groups is 2. The molecule has 0 heterocycles. The van der Waals surface area contributed by atoms with Crippen molar-refractivity contribution in [3.05, 3.63) is 35.6 Å². The standard InChI is InChI=1S/C15H17FO2/c16-13-8-6-11(7-9-13)15(18)10-12-4-2-1-3-5-14(12)17/h6-9,12H,1-5,10H2/t12-/m0/s1. The Hall–Kier alpha value is -1.51. The lowest BCUT2D eigenvalue weighted by atomic mass is 9.91. The van der Waals surface area contributed by atoms with Crippen LogP contribution in [0.2, 0.25) is 0 Å². The van der Waals surface area contributed by atoms with Gasteiger partial charge in [-0.15, -0.1) is 0 Å². The number of rotatable bonds is 3. The molecule has 0 saturated heterocycles. The summed E-state index contributed by atoms with van der Waals surface area (Å²) in [7, 11) is 0. The molecule has 0 amide bonds. The molecule has 3 heteroatoms. The van der Waals surface area contributed by atoms with Crippen molar-refractivity contribution in [1.82, 2.24) is 0 Å². The van der Waals surface area contributed by atoms with Crippen molar-refractivity contribution in [1.29, 1.82) is 0 Å². The highest BCUT2D eigenvalue weighted by Gasteiger charge is 2.23. The quantitative estimate of drug-likeness (QED) is 0.605. The van der Waals surface area contributed by atoms with Crippen molar-refractivity contribution in [2.75, 3.05) is 0 Å². The van der Waals surface area contributed by atoms with E-state index in [0.29, 0.717) is 12.0 Å². The van der Waals surface area contributed by atoms with Crippen molar-refractivity contribution < 1.29 is 14.0 Å². The number of Topliss-reactive ketones (excluding diaryl/α,β-unsaturated/α-hetero) is 2. The fourth-order valence-corrected chi connectivity index (χ4v) is 2.43. The van der Waals surface area contributed by atoms with Crippen LogP contribution in [0.4, 0.5) is 4.39 Å². The predicted molar refractivity (Wildman–Crippen MR) is 66.9 cm³/mol. The van der Waals surface area contributed by atoms with Gasteiger partial charge in [-0.3, -0.25) is 9.59 Å². The molecule has 18 heavy (non-hydrogen) atoms. The van der Waals surface area contributed by atoms with Crippen molar-refractivity contribution in [2.45, 2.75) is 38.5 Å². The molecule has 0 spiro atoms. The van der Waals surface area contributed by atoms with Crippen LogP contribution in [0.25, 0.3) is 0 Å². The Morgan fingerprint density at radius 1 is 1.17 bits per heavy atom. The van der Waals surface area contributed by atoms with Crippen molar-refractivity contribution in [3.8, 4) is 0 Å². The van der Waals surface area contributed by atoms with Crippen LogP contribution in [0.1, 0.15) is 48.9 Å². The molecule has 2 nitrogen and oxygen atoms in total. The van der Waals surface area contributed by atoms with Gasteiger partial charge in [0.05, 0.1) is 0 Å². The first-order valence-electron chi connectivity index (χ1n) is 6.48. The molecule has 0 aliphatic heterocycles. The van der Waals surface area contributed by atoms with E-state index in [-0.39, 0.29) is 29.7 Å². The maximum absolute atomic E-state index is 12.8. The van der Waals surface area contributed by atoms with Gasteiger partial charge in [0.15, 0.2) is 5.78 Å². The summed E-state index contributed by atoms with van der Waals surface area (Å²) in [5, 5.41) is 0. The van der Waals surface area contributed by atoms with E-state index >= 15 is 0 Å². The number of carbonyl (C=O) groups excluding carboxylic acids is 2. The van der Waals surface area contributed by atoms with Crippen molar-refractivity contribution >= 4 is 11.6 Å². The molecule has 96 valence electrons. The second kappa shape index (κ2) is 5.89. The van der Waals surface area contributed by atoms with E-state index in [1.807, 2.05) is 0 Å². The molecule has 0 unspecified atom stereocenters. The van der Waals surface area contributed by atoms with E-state index in [4.69, 9.17) is 0 Å². The molecule has 1 aromatic rings. The lowest BCUT2D eigenvalue weighted by Gasteiger charge is -2.11. The first kappa shape index (κ1) is 12.9. The van der Waals surface area contributed by atoms with Crippen molar-refractivity contribution in [3.63, 3.8) is 0 Å². The number of halogens is 1. The number of hydrogen-bond donors (Lipinski definition) is 0. The zero-order valence-corrected chi connectivity index (χ0v) is 10.3. The number of hydrogen-bond acceptors (Lipinski definition) is 2. The van der Waals surface area contributed by atoms with Crippen LogP contribution in [0.5, 0.6) is 0 Å². The average molecular weight is 248 g/mol. The molecule has 2 rings (SSSR count). The lowest BCUT2D eigenvalue weighted by Crippen LogP contribution is -2.17. The Labute approximate surface area is 106 Å². The minimum Gasteiger partial charge on any atom is -0.299 e. The van der Waals surface area contributed by atoms with Gasteiger partial charge in [-0.25, -0.2) is 4.39 Å². The summed E-state index contributed by atoms with van der Waals surface area (Å²) in [5.41, 5.74) is 0.494. The van der Waals surface area contributed by atoms with Crippen molar-refractivity contribution in [2.24, 2.45) is 5.92 Å². The number of benzene rings is 1. The minimum absolute atomic E-state index is 0.0600. The van der Waals surface area contributed by atoms with E-state index in [2.05, 4.69) is 0 Å². The predicted octanol–water partition coefficient (Wildman–Crippen LogP) is 3.55. The van der Waals surface area contributed by atoms with E-state index in [1.165, 1.54) is 24.3 Å². The Balaban J connectivity index is 2.01. The first-order valence-corrected chi connectivity index (χ1v) is 6.48. The third kappa shape index (κ3) is 3.25. The highest BCUT2D eigenvalue weighted by molar-refractivity contribution is 5.98. The van der Waals surface area contributed by atoms with Gasteiger partial charge in [0.2, 0.25) is 0 Å². The second-order valence-electron chi connectivity index (χ2n) is 4.90. The molecular formula is C15H17FO2.